The lowest BCUT2D eigenvalue weighted by Crippen LogP contribution is -2.18. The van der Waals surface area contributed by atoms with E-state index in [1.165, 1.54) is 11.1 Å². The van der Waals surface area contributed by atoms with E-state index in [1.54, 1.807) is 12.5 Å². The summed E-state index contributed by atoms with van der Waals surface area (Å²) in [7, 11) is 1.96. The van der Waals surface area contributed by atoms with Crippen LogP contribution in [0, 0.1) is 6.92 Å². The van der Waals surface area contributed by atoms with Gasteiger partial charge < -0.3 is 9.73 Å². The normalized spacial score (nSPS) is 12.6. The summed E-state index contributed by atoms with van der Waals surface area (Å²) in [6.45, 7) is 1.99. The van der Waals surface area contributed by atoms with Crippen molar-refractivity contribution < 1.29 is 4.42 Å². The molecule has 0 spiro atoms. The summed E-state index contributed by atoms with van der Waals surface area (Å²) >= 11 is 0. The highest BCUT2D eigenvalue weighted by molar-refractivity contribution is 5.20. The summed E-state index contributed by atoms with van der Waals surface area (Å²) < 4.78 is 5.07. The van der Waals surface area contributed by atoms with Crippen LogP contribution in [-0.4, -0.2) is 12.0 Å². The predicted octanol–water partition coefficient (Wildman–Crippen LogP) is 2.49. The third kappa shape index (κ3) is 2.49. The van der Waals surface area contributed by atoms with Gasteiger partial charge in [-0.2, -0.15) is 0 Å². The lowest BCUT2D eigenvalue weighted by atomic mass is 10.0. The molecule has 0 aliphatic rings. The zero-order valence-electron chi connectivity index (χ0n) is 9.60. The molecular weight excluding hydrogens is 200 g/mol. The Kier molecular flexibility index (Phi) is 3.37. The molecule has 1 atom stereocenters. The number of furan rings is 1. The molecule has 0 saturated carbocycles. The van der Waals surface area contributed by atoms with Crippen molar-refractivity contribution in [3.8, 4) is 0 Å². The lowest BCUT2D eigenvalue weighted by Gasteiger charge is -2.15. The number of hydrogen-bond acceptors (Lipinski definition) is 3. The Balaban J connectivity index is 2.13. The van der Waals surface area contributed by atoms with E-state index >= 15 is 0 Å². The van der Waals surface area contributed by atoms with Crippen molar-refractivity contribution in [3.05, 3.63) is 53.7 Å². The second-order valence-corrected chi connectivity index (χ2v) is 3.91. The topological polar surface area (TPSA) is 38.1 Å². The molecule has 1 N–H and O–H groups in total. The first-order chi connectivity index (χ1) is 7.79. The Morgan fingerprint density at radius 3 is 2.81 bits per heavy atom. The standard InChI is InChI=1S/C13H16N2O/c1-10-3-4-12(8-15-10)13(14-2)7-11-5-6-16-9-11/h3-6,8-9,13-14H,7H2,1-2H3. The van der Waals surface area contributed by atoms with Crippen LogP contribution in [0.3, 0.4) is 0 Å². The van der Waals surface area contributed by atoms with Gasteiger partial charge in [-0.05, 0) is 43.7 Å². The highest BCUT2D eigenvalue weighted by Crippen LogP contribution is 2.17. The maximum atomic E-state index is 5.07. The van der Waals surface area contributed by atoms with Crippen molar-refractivity contribution in [3.63, 3.8) is 0 Å². The van der Waals surface area contributed by atoms with Gasteiger partial charge in [0, 0.05) is 17.9 Å². The van der Waals surface area contributed by atoms with Crippen molar-refractivity contribution >= 4 is 0 Å². The van der Waals surface area contributed by atoms with Gasteiger partial charge in [0.15, 0.2) is 0 Å². The molecule has 2 rings (SSSR count). The molecule has 0 amide bonds. The van der Waals surface area contributed by atoms with E-state index in [9.17, 15) is 0 Å². The Morgan fingerprint density at radius 2 is 2.25 bits per heavy atom. The SMILES string of the molecule is CNC(Cc1ccoc1)c1ccc(C)nc1. The second-order valence-electron chi connectivity index (χ2n) is 3.91. The molecule has 2 aromatic heterocycles. The van der Waals surface area contributed by atoms with Crippen molar-refractivity contribution in [2.45, 2.75) is 19.4 Å². The van der Waals surface area contributed by atoms with Crippen molar-refractivity contribution in [2.24, 2.45) is 0 Å². The number of hydrogen-bond donors (Lipinski definition) is 1. The number of aromatic nitrogens is 1. The van der Waals surface area contributed by atoms with Crippen LogP contribution < -0.4 is 5.32 Å². The number of aryl methyl sites for hydroxylation is 1. The monoisotopic (exact) mass is 216 g/mol. The van der Waals surface area contributed by atoms with Crippen LogP contribution in [0.25, 0.3) is 0 Å². The van der Waals surface area contributed by atoms with E-state index in [1.807, 2.05) is 32.3 Å². The molecule has 3 nitrogen and oxygen atoms in total. The molecular formula is C13H16N2O. The van der Waals surface area contributed by atoms with Crippen LogP contribution in [0.4, 0.5) is 0 Å². The van der Waals surface area contributed by atoms with Gasteiger partial charge in [0.1, 0.15) is 0 Å². The van der Waals surface area contributed by atoms with E-state index in [0.29, 0.717) is 0 Å². The van der Waals surface area contributed by atoms with Gasteiger partial charge in [0.05, 0.1) is 12.5 Å². The van der Waals surface area contributed by atoms with Gasteiger partial charge in [-0.1, -0.05) is 6.07 Å². The largest absolute Gasteiger partial charge is 0.472 e. The van der Waals surface area contributed by atoms with Gasteiger partial charge in [0.25, 0.3) is 0 Å². The third-order valence-electron chi connectivity index (χ3n) is 2.70. The quantitative estimate of drug-likeness (QED) is 0.853. The molecule has 3 heteroatoms. The first kappa shape index (κ1) is 10.9. The fourth-order valence-electron chi connectivity index (χ4n) is 1.72. The highest BCUT2D eigenvalue weighted by Gasteiger charge is 2.10. The summed E-state index contributed by atoms with van der Waals surface area (Å²) in [5.74, 6) is 0. The van der Waals surface area contributed by atoms with Gasteiger partial charge >= 0.3 is 0 Å². The molecule has 2 aromatic rings. The number of likely N-dealkylation sites (N-methyl/N-ethyl adjacent to an activating group) is 1. The number of nitrogens with one attached hydrogen (secondary N) is 1. The van der Waals surface area contributed by atoms with Crippen LogP contribution in [0.15, 0.2) is 41.3 Å². The highest BCUT2D eigenvalue weighted by atomic mass is 16.3. The Labute approximate surface area is 95.5 Å². The van der Waals surface area contributed by atoms with E-state index in [0.717, 1.165) is 12.1 Å². The minimum absolute atomic E-state index is 0.283. The third-order valence-corrected chi connectivity index (χ3v) is 2.70. The maximum absolute atomic E-state index is 5.07. The zero-order valence-corrected chi connectivity index (χ0v) is 9.60. The Bertz CT molecular complexity index is 420. The Morgan fingerprint density at radius 1 is 1.38 bits per heavy atom. The van der Waals surface area contributed by atoms with Crippen molar-refractivity contribution in [1.29, 1.82) is 0 Å². The molecule has 1 unspecified atom stereocenters. The van der Waals surface area contributed by atoms with Crippen molar-refractivity contribution in [2.75, 3.05) is 7.05 Å². The average molecular weight is 216 g/mol. The maximum Gasteiger partial charge on any atom is 0.0935 e. The summed E-state index contributed by atoms with van der Waals surface area (Å²) in [6, 6.07) is 6.43. The summed E-state index contributed by atoms with van der Waals surface area (Å²) in [6.07, 6.45) is 6.33. The predicted molar refractivity (Wildman–Crippen MR) is 63.2 cm³/mol. The first-order valence-corrected chi connectivity index (χ1v) is 5.40. The zero-order chi connectivity index (χ0) is 11.4. The van der Waals surface area contributed by atoms with Crippen LogP contribution >= 0.6 is 0 Å². The van der Waals surface area contributed by atoms with E-state index < -0.39 is 0 Å². The molecule has 0 aliphatic carbocycles. The van der Waals surface area contributed by atoms with Crippen LogP contribution in [0.2, 0.25) is 0 Å². The summed E-state index contributed by atoms with van der Waals surface area (Å²) in [4.78, 5) is 4.31. The van der Waals surface area contributed by atoms with E-state index in [-0.39, 0.29) is 6.04 Å². The van der Waals surface area contributed by atoms with Gasteiger partial charge in [-0.25, -0.2) is 0 Å². The first-order valence-electron chi connectivity index (χ1n) is 5.40. The van der Waals surface area contributed by atoms with Crippen molar-refractivity contribution in [1.82, 2.24) is 10.3 Å². The summed E-state index contributed by atoms with van der Waals surface area (Å²) in [5, 5.41) is 3.29. The number of pyridine rings is 1. The van der Waals surface area contributed by atoms with Crippen LogP contribution in [0.1, 0.15) is 22.9 Å². The van der Waals surface area contributed by atoms with Gasteiger partial charge in [-0.15, -0.1) is 0 Å². The second kappa shape index (κ2) is 4.94. The molecule has 16 heavy (non-hydrogen) atoms. The van der Waals surface area contributed by atoms with Gasteiger partial charge in [0.2, 0.25) is 0 Å². The smallest absolute Gasteiger partial charge is 0.0935 e. The summed E-state index contributed by atoms with van der Waals surface area (Å²) in [5.41, 5.74) is 3.44. The minimum Gasteiger partial charge on any atom is -0.472 e. The van der Waals surface area contributed by atoms with E-state index in [4.69, 9.17) is 4.42 Å². The fraction of sp³-hybridized carbons (Fsp3) is 0.308. The molecule has 0 fully saturated rings. The molecule has 2 heterocycles. The fourth-order valence-corrected chi connectivity index (χ4v) is 1.72. The molecule has 0 radical (unpaired) electrons. The molecule has 0 saturated heterocycles. The van der Waals surface area contributed by atoms with E-state index in [2.05, 4.69) is 16.4 Å². The molecule has 0 aromatic carbocycles. The van der Waals surface area contributed by atoms with Crippen LogP contribution in [-0.2, 0) is 6.42 Å². The molecule has 0 bridgehead atoms. The average Bonchev–Trinajstić information content (AvgIpc) is 2.80. The molecule has 0 aliphatic heterocycles. The van der Waals surface area contributed by atoms with Gasteiger partial charge in [-0.3, -0.25) is 4.98 Å². The van der Waals surface area contributed by atoms with Crippen LogP contribution in [0.5, 0.6) is 0 Å². The minimum atomic E-state index is 0.283. The Hall–Kier alpha value is -1.61. The lowest BCUT2D eigenvalue weighted by molar-refractivity contribution is 0.551. The molecule has 84 valence electrons. The number of nitrogens with zero attached hydrogens (tertiary/aromatic N) is 1. The number of rotatable bonds is 4.